The Morgan fingerprint density at radius 2 is 0.732 bits per heavy atom. The highest BCUT2D eigenvalue weighted by Gasteiger charge is 2.32. The number of anilines is 6. The summed E-state index contributed by atoms with van der Waals surface area (Å²) < 4.78 is 15.2. The number of para-hydroxylation sites is 5. The van der Waals surface area contributed by atoms with Crippen molar-refractivity contribution < 1.29 is 8.83 Å². The van der Waals surface area contributed by atoms with E-state index in [1.165, 1.54) is 44.2 Å². The van der Waals surface area contributed by atoms with Gasteiger partial charge in [0.2, 0.25) is 0 Å². The molecule has 15 rings (SSSR count). The van der Waals surface area contributed by atoms with Gasteiger partial charge in [-0.1, -0.05) is 152 Å². The monoisotopic (exact) mass is 907 g/mol. The lowest BCUT2D eigenvalue weighted by atomic mass is 9.87. The minimum absolute atomic E-state index is 0.864. The van der Waals surface area contributed by atoms with Crippen LogP contribution >= 0.6 is 0 Å². The molecule has 0 N–H and O–H groups in total. The predicted molar refractivity (Wildman–Crippen MR) is 295 cm³/mol. The van der Waals surface area contributed by atoms with Crippen molar-refractivity contribution >= 4 is 99.8 Å². The van der Waals surface area contributed by atoms with Crippen LogP contribution in [-0.4, -0.2) is 4.57 Å². The second-order valence-electron chi connectivity index (χ2n) is 18.4. The third-order valence-electron chi connectivity index (χ3n) is 14.5. The Morgan fingerprint density at radius 1 is 0.254 bits per heavy atom. The number of fused-ring (bicyclic) bond motifs is 11. The van der Waals surface area contributed by atoms with E-state index in [1.54, 1.807) is 0 Å². The molecule has 5 heteroatoms. The van der Waals surface area contributed by atoms with Gasteiger partial charge in [-0.25, -0.2) is 0 Å². The zero-order valence-corrected chi connectivity index (χ0v) is 38.3. The molecule has 0 atom stereocenters. The van der Waals surface area contributed by atoms with Gasteiger partial charge in [0.05, 0.1) is 33.8 Å². The molecule has 0 spiro atoms. The molecule has 1 aliphatic heterocycles. The molecule has 0 fully saturated rings. The van der Waals surface area contributed by atoms with Gasteiger partial charge in [-0.05, 0) is 130 Å². The molecule has 0 bridgehead atoms. The average Bonchev–Trinajstić information content (AvgIpc) is 4.11. The Labute approximate surface area is 408 Å². The smallest absolute Gasteiger partial charge is 0.135 e. The summed E-state index contributed by atoms with van der Waals surface area (Å²) in [4.78, 5) is 4.83. The quantitative estimate of drug-likeness (QED) is 0.167. The third-order valence-corrected chi connectivity index (χ3v) is 14.5. The minimum Gasteiger partial charge on any atom is -0.456 e. The predicted octanol–water partition coefficient (Wildman–Crippen LogP) is 18.8. The van der Waals surface area contributed by atoms with Crippen LogP contribution in [0.4, 0.5) is 34.1 Å². The Bertz CT molecular complexity index is 4370. The molecule has 5 nitrogen and oxygen atoms in total. The summed E-state index contributed by atoms with van der Waals surface area (Å²) in [5.41, 5.74) is 20.4. The maximum atomic E-state index is 6.37. The van der Waals surface area contributed by atoms with Gasteiger partial charge in [0.25, 0.3) is 0 Å². The molecule has 0 radical (unpaired) electrons. The van der Waals surface area contributed by atoms with Crippen molar-refractivity contribution in [2.45, 2.75) is 0 Å². The zero-order chi connectivity index (χ0) is 46.6. The van der Waals surface area contributed by atoms with Crippen LogP contribution in [0, 0.1) is 0 Å². The van der Waals surface area contributed by atoms with E-state index in [0.29, 0.717) is 0 Å². The van der Waals surface area contributed by atoms with E-state index < -0.39 is 0 Å². The fourth-order valence-electron chi connectivity index (χ4n) is 11.4. The van der Waals surface area contributed by atoms with Crippen LogP contribution in [-0.2, 0) is 0 Å². The fourth-order valence-corrected chi connectivity index (χ4v) is 11.4. The molecule has 0 saturated heterocycles. The highest BCUT2D eigenvalue weighted by atomic mass is 16.3. The van der Waals surface area contributed by atoms with Crippen LogP contribution in [0.5, 0.6) is 0 Å². The lowest BCUT2D eigenvalue weighted by Crippen LogP contribution is -2.24. The Morgan fingerprint density at radius 3 is 1.35 bits per heavy atom. The first kappa shape index (κ1) is 39.4. The van der Waals surface area contributed by atoms with Crippen LogP contribution in [0.3, 0.4) is 0 Å². The largest absolute Gasteiger partial charge is 0.456 e. The number of hydrogen-bond donors (Lipinski definition) is 0. The van der Waals surface area contributed by atoms with Crippen molar-refractivity contribution in [1.82, 2.24) is 4.57 Å². The second-order valence-corrected chi connectivity index (χ2v) is 18.4. The van der Waals surface area contributed by atoms with Gasteiger partial charge >= 0.3 is 0 Å². The van der Waals surface area contributed by atoms with Crippen LogP contribution in [0.25, 0.3) is 105 Å². The Hall–Kier alpha value is -9.58. The van der Waals surface area contributed by atoms with Crippen molar-refractivity contribution in [3.8, 4) is 39.1 Å². The van der Waals surface area contributed by atoms with E-state index in [9.17, 15) is 0 Å². The van der Waals surface area contributed by atoms with E-state index in [2.05, 4.69) is 239 Å². The summed E-state index contributed by atoms with van der Waals surface area (Å²) in [7, 11) is 0. The fraction of sp³-hybridized carbons (Fsp3) is 0. The summed E-state index contributed by atoms with van der Waals surface area (Å²) >= 11 is 0. The van der Waals surface area contributed by atoms with Gasteiger partial charge < -0.3 is 23.2 Å². The van der Waals surface area contributed by atoms with Crippen molar-refractivity contribution in [1.29, 1.82) is 0 Å². The molecular formula is C66H41N3O2. The van der Waals surface area contributed by atoms with Crippen molar-refractivity contribution in [2.75, 3.05) is 9.80 Å². The van der Waals surface area contributed by atoms with Gasteiger partial charge in [-0.3, -0.25) is 0 Å². The first-order valence-corrected chi connectivity index (χ1v) is 24.2. The van der Waals surface area contributed by atoms with Crippen molar-refractivity contribution in [3.63, 3.8) is 0 Å². The maximum absolute atomic E-state index is 6.37. The van der Waals surface area contributed by atoms with E-state index in [4.69, 9.17) is 8.83 Å². The van der Waals surface area contributed by atoms with E-state index in [-0.39, 0.29) is 0 Å². The van der Waals surface area contributed by atoms with Gasteiger partial charge in [0, 0.05) is 49.4 Å². The first-order valence-electron chi connectivity index (χ1n) is 24.2. The lowest BCUT2D eigenvalue weighted by Gasteiger charge is -2.40. The molecule has 332 valence electrons. The van der Waals surface area contributed by atoms with Crippen LogP contribution < -0.4 is 9.80 Å². The molecule has 1 aliphatic rings. The molecule has 71 heavy (non-hydrogen) atoms. The van der Waals surface area contributed by atoms with Gasteiger partial charge in [0.1, 0.15) is 22.3 Å². The highest BCUT2D eigenvalue weighted by Crippen LogP contribution is 2.56. The topological polar surface area (TPSA) is 37.7 Å². The van der Waals surface area contributed by atoms with Gasteiger partial charge in [-0.15, -0.1) is 0 Å². The van der Waals surface area contributed by atoms with Crippen LogP contribution in [0.2, 0.25) is 0 Å². The number of aromatic nitrogens is 1. The Balaban J connectivity index is 0.963. The molecule has 0 unspecified atom stereocenters. The molecule has 0 aliphatic carbocycles. The van der Waals surface area contributed by atoms with Crippen molar-refractivity contribution in [3.05, 3.63) is 249 Å². The maximum Gasteiger partial charge on any atom is 0.135 e. The summed E-state index contributed by atoms with van der Waals surface area (Å²) in [5, 5.41) is 6.75. The summed E-state index contributed by atoms with van der Waals surface area (Å²) in [6.07, 6.45) is 0. The van der Waals surface area contributed by atoms with E-state index in [0.717, 1.165) is 94.7 Å². The third kappa shape index (κ3) is 6.06. The highest BCUT2D eigenvalue weighted by molar-refractivity contribution is 6.13. The molecule has 14 aromatic rings. The zero-order valence-electron chi connectivity index (χ0n) is 38.3. The normalized spacial score (nSPS) is 12.5. The Kier molecular flexibility index (Phi) is 8.59. The molecule has 0 amide bonds. The number of rotatable bonds is 6. The lowest BCUT2D eigenvalue weighted by molar-refractivity contribution is 0.668. The van der Waals surface area contributed by atoms with E-state index >= 15 is 0 Å². The van der Waals surface area contributed by atoms with Crippen molar-refractivity contribution in [2.24, 2.45) is 0 Å². The number of benzene rings is 11. The molecule has 11 aromatic carbocycles. The average molecular weight is 908 g/mol. The summed E-state index contributed by atoms with van der Waals surface area (Å²) in [5.74, 6) is 0. The SMILES string of the molecule is c1ccc(-c2cccc(-c3ccccc3)c2-c2ccc3c(c2)c2ccccc2n3-c2ccc3c(c2)N(c2ccc4oc5ccccc5c4c2)c2ccccc2N3c2ccc3oc4ccccc4c3c2)cc1. The van der Waals surface area contributed by atoms with Gasteiger partial charge in [-0.2, -0.15) is 0 Å². The van der Waals surface area contributed by atoms with Gasteiger partial charge in [0.15, 0.2) is 0 Å². The number of furan rings is 2. The van der Waals surface area contributed by atoms with Crippen LogP contribution in [0.1, 0.15) is 0 Å². The minimum atomic E-state index is 0.864. The standard InChI is InChI=1S/C66H41N3O2/c1-3-16-42(17-4-1)48-23-15-24-49(43-18-5-2-6-19-43)66(48)44-30-34-57-53(38-44)50-20-7-10-25-56(50)67(57)47-31-35-60-61(41-47)69(46-33-37-65-55(40-46)52-22-9-14-29-63(52)71-65)59-27-12-11-26-58(59)68(60)45-32-36-64-54(39-45)51-21-8-13-28-62(51)70-64/h1-41H. The molecular weight excluding hydrogens is 867 g/mol. The van der Waals surface area contributed by atoms with E-state index in [1.807, 2.05) is 24.3 Å². The summed E-state index contributed by atoms with van der Waals surface area (Å²) in [6, 6.07) is 89.6. The molecule has 0 saturated carbocycles. The number of hydrogen-bond acceptors (Lipinski definition) is 4. The summed E-state index contributed by atoms with van der Waals surface area (Å²) in [6.45, 7) is 0. The first-order chi connectivity index (χ1) is 35.2. The second kappa shape index (κ2) is 15.5. The molecule has 3 aromatic heterocycles. The van der Waals surface area contributed by atoms with Crippen LogP contribution in [0.15, 0.2) is 258 Å². The molecule has 4 heterocycles. The number of nitrogens with zero attached hydrogens (tertiary/aromatic N) is 3.